The highest BCUT2D eigenvalue weighted by Crippen LogP contribution is 2.35. The van der Waals surface area contributed by atoms with Gasteiger partial charge in [-0.3, -0.25) is 14.5 Å². The van der Waals surface area contributed by atoms with Gasteiger partial charge in [-0.1, -0.05) is 13.8 Å². The van der Waals surface area contributed by atoms with Gasteiger partial charge in [-0.15, -0.1) is 0 Å². The SMILES string of the molecule is CCc1cc(C(=O)NCc2n[nH]c(=S)n2C2CC2)oc1CC. The Morgan fingerprint density at radius 3 is 2.86 bits per heavy atom. The summed E-state index contributed by atoms with van der Waals surface area (Å²) < 4.78 is 8.24. The van der Waals surface area contributed by atoms with Gasteiger partial charge in [-0.05, 0) is 43.1 Å². The molecule has 2 aromatic rings. The van der Waals surface area contributed by atoms with Crippen LogP contribution in [-0.4, -0.2) is 20.7 Å². The summed E-state index contributed by atoms with van der Waals surface area (Å²) in [6.45, 7) is 4.41. The number of carbonyl (C=O) groups is 1. The number of nitrogens with one attached hydrogen (secondary N) is 2. The molecule has 1 aliphatic rings. The lowest BCUT2D eigenvalue weighted by Crippen LogP contribution is -2.24. The molecule has 3 rings (SSSR count). The molecule has 0 saturated heterocycles. The number of aromatic nitrogens is 3. The molecule has 1 amide bonds. The van der Waals surface area contributed by atoms with E-state index in [1.54, 1.807) is 0 Å². The summed E-state index contributed by atoms with van der Waals surface area (Å²) in [5.74, 6) is 1.79. The highest BCUT2D eigenvalue weighted by atomic mass is 32.1. The van der Waals surface area contributed by atoms with Crippen molar-refractivity contribution in [3.05, 3.63) is 33.7 Å². The molecule has 1 fully saturated rings. The summed E-state index contributed by atoms with van der Waals surface area (Å²) >= 11 is 5.23. The highest BCUT2D eigenvalue weighted by molar-refractivity contribution is 7.71. The van der Waals surface area contributed by atoms with Crippen LogP contribution in [0.25, 0.3) is 0 Å². The summed E-state index contributed by atoms with van der Waals surface area (Å²) in [7, 11) is 0. The number of aryl methyl sites for hydroxylation is 2. The van der Waals surface area contributed by atoms with E-state index in [9.17, 15) is 4.79 Å². The fraction of sp³-hybridized carbons (Fsp3) is 0.533. The average molecular weight is 320 g/mol. The highest BCUT2D eigenvalue weighted by Gasteiger charge is 2.27. The van der Waals surface area contributed by atoms with E-state index < -0.39 is 0 Å². The molecule has 22 heavy (non-hydrogen) atoms. The molecule has 7 heteroatoms. The molecule has 6 nitrogen and oxygen atoms in total. The van der Waals surface area contributed by atoms with Crippen molar-refractivity contribution in [3.8, 4) is 0 Å². The van der Waals surface area contributed by atoms with E-state index in [2.05, 4.69) is 22.4 Å². The van der Waals surface area contributed by atoms with Crippen LogP contribution in [0.3, 0.4) is 0 Å². The monoisotopic (exact) mass is 320 g/mol. The Hall–Kier alpha value is -1.89. The van der Waals surface area contributed by atoms with Crippen molar-refractivity contribution < 1.29 is 9.21 Å². The van der Waals surface area contributed by atoms with Crippen LogP contribution >= 0.6 is 12.2 Å². The van der Waals surface area contributed by atoms with E-state index >= 15 is 0 Å². The smallest absolute Gasteiger partial charge is 0.287 e. The normalized spacial score (nSPS) is 14.3. The van der Waals surface area contributed by atoms with Crippen molar-refractivity contribution >= 4 is 18.1 Å². The number of H-pyrrole nitrogens is 1. The van der Waals surface area contributed by atoms with Gasteiger partial charge in [-0.25, -0.2) is 0 Å². The first-order chi connectivity index (χ1) is 10.6. The first-order valence-corrected chi connectivity index (χ1v) is 8.10. The zero-order valence-electron chi connectivity index (χ0n) is 12.8. The lowest BCUT2D eigenvalue weighted by atomic mass is 10.1. The molecule has 0 bridgehead atoms. The van der Waals surface area contributed by atoms with Gasteiger partial charge in [-0.2, -0.15) is 5.10 Å². The molecule has 1 saturated carbocycles. The van der Waals surface area contributed by atoms with Crippen molar-refractivity contribution in [2.75, 3.05) is 0 Å². The van der Waals surface area contributed by atoms with Crippen LogP contribution in [-0.2, 0) is 19.4 Å². The van der Waals surface area contributed by atoms with Crippen LogP contribution in [0.2, 0.25) is 0 Å². The number of rotatable bonds is 6. The number of amides is 1. The summed E-state index contributed by atoms with van der Waals surface area (Å²) in [6, 6.07) is 2.26. The second-order valence-corrected chi connectivity index (χ2v) is 5.88. The van der Waals surface area contributed by atoms with E-state index in [4.69, 9.17) is 16.6 Å². The van der Waals surface area contributed by atoms with Gasteiger partial charge in [0.2, 0.25) is 0 Å². The fourth-order valence-electron chi connectivity index (χ4n) is 2.59. The van der Waals surface area contributed by atoms with Crippen molar-refractivity contribution in [1.82, 2.24) is 20.1 Å². The second-order valence-electron chi connectivity index (χ2n) is 5.50. The molecule has 0 spiro atoms. The second kappa shape index (κ2) is 6.08. The Labute approximate surface area is 133 Å². The zero-order valence-corrected chi connectivity index (χ0v) is 13.6. The molecule has 2 heterocycles. The maximum absolute atomic E-state index is 12.2. The van der Waals surface area contributed by atoms with Crippen molar-refractivity contribution in [1.29, 1.82) is 0 Å². The van der Waals surface area contributed by atoms with Gasteiger partial charge >= 0.3 is 0 Å². The summed E-state index contributed by atoms with van der Waals surface area (Å²) in [4.78, 5) is 12.2. The van der Waals surface area contributed by atoms with Crippen LogP contribution in [0.4, 0.5) is 0 Å². The molecule has 1 aliphatic carbocycles. The zero-order chi connectivity index (χ0) is 15.7. The maximum Gasteiger partial charge on any atom is 0.287 e. The standard InChI is InChI=1S/C15H20N4O2S/c1-3-9-7-12(21-11(9)4-2)14(20)16-8-13-17-18-15(22)19(13)10-5-6-10/h7,10H,3-6,8H2,1-2H3,(H,16,20)(H,18,22). The minimum atomic E-state index is -0.217. The van der Waals surface area contributed by atoms with E-state index in [0.717, 1.165) is 42.8 Å². The Morgan fingerprint density at radius 1 is 1.50 bits per heavy atom. The third-order valence-corrected chi connectivity index (χ3v) is 4.21. The Kier molecular flexibility index (Phi) is 4.15. The largest absolute Gasteiger partial charge is 0.456 e. The summed E-state index contributed by atoms with van der Waals surface area (Å²) in [6.07, 6.45) is 3.89. The predicted octanol–water partition coefficient (Wildman–Crippen LogP) is 2.92. The number of furan rings is 1. The molecule has 0 unspecified atom stereocenters. The van der Waals surface area contributed by atoms with Crippen LogP contribution < -0.4 is 5.32 Å². The van der Waals surface area contributed by atoms with Crippen LogP contribution in [0, 0.1) is 4.77 Å². The number of aromatic amines is 1. The summed E-state index contributed by atoms with van der Waals surface area (Å²) in [5.41, 5.74) is 1.09. The molecule has 0 aliphatic heterocycles. The molecule has 2 N–H and O–H groups in total. The Balaban J connectivity index is 1.70. The number of carbonyl (C=O) groups excluding carboxylic acids is 1. The van der Waals surface area contributed by atoms with E-state index in [-0.39, 0.29) is 5.91 Å². The average Bonchev–Trinajstić information content (AvgIpc) is 3.15. The van der Waals surface area contributed by atoms with E-state index in [0.29, 0.717) is 23.1 Å². The minimum Gasteiger partial charge on any atom is -0.456 e. The van der Waals surface area contributed by atoms with Gasteiger partial charge in [0.25, 0.3) is 5.91 Å². The molecular weight excluding hydrogens is 300 g/mol. The quantitative estimate of drug-likeness (QED) is 0.802. The van der Waals surface area contributed by atoms with E-state index in [1.807, 2.05) is 17.6 Å². The topological polar surface area (TPSA) is 75.8 Å². The van der Waals surface area contributed by atoms with Gasteiger partial charge in [0.05, 0.1) is 6.54 Å². The third-order valence-electron chi connectivity index (χ3n) is 3.92. The number of hydrogen-bond acceptors (Lipinski definition) is 4. The van der Waals surface area contributed by atoms with Crippen LogP contribution in [0.1, 0.15) is 60.4 Å². The molecule has 0 aromatic carbocycles. The van der Waals surface area contributed by atoms with E-state index in [1.165, 1.54) is 0 Å². The van der Waals surface area contributed by atoms with Crippen LogP contribution in [0.15, 0.2) is 10.5 Å². The lowest BCUT2D eigenvalue weighted by Gasteiger charge is -2.05. The first kappa shape index (κ1) is 15.0. The third kappa shape index (κ3) is 2.85. The molecule has 2 aromatic heterocycles. The van der Waals surface area contributed by atoms with Gasteiger partial charge in [0.1, 0.15) is 5.76 Å². The van der Waals surface area contributed by atoms with Gasteiger partial charge < -0.3 is 9.73 Å². The van der Waals surface area contributed by atoms with Crippen molar-refractivity contribution in [2.24, 2.45) is 0 Å². The molecule has 118 valence electrons. The Morgan fingerprint density at radius 2 is 2.27 bits per heavy atom. The summed E-state index contributed by atoms with van der Waals surface area (Å²) in [5, 5.41) is 9.85. The van der Waals surface area contributed by atoms with Gasteiger partial charge in [0, 0.05) is 12.5 Å². The first-order valence-electron chi connectivity index (χ1n) is 7.69. The van der Waals surface area contributed by atoms with Crippen LogP contribution in [0.5, 0.6) is 0 Å². The number of hydrogen-bond donors (Lipinski definition) is 2. The van der Waals surface area contributed by atoms with Crippen molar-refractivity contribution in [3.63, 3.8) is 0 Å². The lowest BCUT2D eigenvalue weighted by molar-refractivity contribution is 0.0920. The maximum atomic E-state index is 12.2. The van der Waals surface area contributed by atoms with Gasteiger partial charge in [0.15, 0.2) is 16.4 Å². The molecule has 0 atom stereocenters. The number of nitrogens with zero attached hydrogens (tertiary/aromatic N) is 2. The minimum absolute atomic E-state index is 0.217. The fourth-order valence-corrected chi connectivity index (χ4v) is 2.89. The molecule has 0 radical (unpaired) electrons. The molecular formula is C15H20N4O2S. The predicted molar refractivity (Wildman–Crippen MR) is 84.3 cm³/mol. The Bertz CT molecular complexity index is 718. The van der Waals surface area contributed by atoms with Crippen molar-refractivity contribution in [2.45, 2.75) is 52.1 Å².